The van der Waals surface area contributed by atoms with Gasteiger partial charge in [0, 0.05) is 18.0 Å². The summed E-state index contributed by atoms with van der Waals surface area (Å²) < 4.78 is 5.59. The number of nitrogens with zero attached hydrogens (tertiary/aromatic N) is 1. The standard InChI is InChI=1S/C20H24N2OS/c1-23-19-6-4-5-15-11-18-16(10-17(15)19)9-14(12-22-18)13-24-20-7-2-3-8-21-20/h2-8,14,16,18,22H,9-13H2,1H3. The molecule has 2 heterocycles. The van der Waals surface area contributed by atoms with Crippen LogP contribution >= 0.6 is 11.8 Å². The van der Waals surface area contributed by atoms with Crippen molar-refractivity contribution in [2.45, 2.75) is 30.3 Å². The van der Waals surface area contributed by atoms with Crippen molar-refractivity contribution >= 4 is 11.8 Å². The average Bonchev–Trinajstić information content (AvgIpc) is 2.65. The van der Waals surface area contributed by atoms with E-state index >= 15 is 0 Å². The fourth-order valence-corrected chi connectivity index (χ4v) is 5.08. The first-order chi connectivity index (χ1) is 11.8. The normalized spacial score (nSPS) is 25.6. The molecule has 1 aromatic carbocycles. The summed E-state index contributed by atoms with van der Waals surface area (Å²) in [6.07, 6.45) is 5.45. The summed E-state index contributed by atoms with van der Waals surface area (Å²) >= 11 is 1.88. The third kappa shape index (κ3) is 3.31. The van der Waals surface area contributed by atoms with E-state index < -0.39 is 0 Å². The van der Waals surface area contributed by atoms with Gasteiger partial charge in [0.25, 0.3) is 0 Å². The van der Waals surface area contributed by atoms with Crippen LogP contribution in [0.2, 0.25) is 0 Å². The summed E-state index contributed by atoms with van der Waals surface area (Å²) in [5.74, 6) is 3.65. The van der Waals surface area contributed by atoms with Gasteiger partial charge in [-0.05, 0) is 67.0 Å². The van der Waals surface area contributed by atoms with Gasteiger partial charge < -0.3 is 10.1 Å². The molecule has 1 aliphatic carbocycles. The van der Waals surface area contributed by atoms with Crippen LogP contribution < -0.4 is 10.1 Å². The number of piperidine rings is 1. The summed E-state index contributed by atoms with van der Waals surface area (Å²) in [6.45, 7) is 1.13. The van der Waals surface area contributed by atoms with Crippen molar-refractivity contribution in [2.75, 3.05) is 19.4 Å². The summed E-state index contributed by atoms with van der Waals surface area (Å²) in [6, 6.07) is 13.3. The number of benzene rings is 1. The molecule has 2 aliphatic rings. The lowest BCUT2D eigenvalue weighted by Crippen LogP contribution is -2.49. The Morgan fingerprint density at radius 3 is 3.00 bits per heavy atom. The Balaban J connectivity index is 1.41. The molecule has 0 saturated carbocycles. The smallest absolute Gasteiger partial charge is 0.122 e. The number of hydrogen-bond donors (Lipinski definition) is 1. The minimum atomic E-state index is 0.626. The van der Waals surface area contributed by atoms with Crippen molar-refractivity contribution in [2.24, 2.45) is 11.8 Å². The lowest BCUT2D eigenvalue weighted by atomic mass is 9.73. The van der Waals surface area contributed by atoms with Crippen LogP contribution in [0.15, 0.2) is 47.6 Å². The average molecular weight is 340 g/mol. The topological polar surface area (TPSA) is 34.1 Å². The number of pyridine rings is 1. The maximum absolute atomic E-state index is 5.59. The quantitative estimate of drug-likeness (QED) is 0.863. The molecule has 4 heteroatoms. The van der Waals surface area contributed by atoms with Crippen molar-refractivity contribution in [3.05, 3.63) is 53.7 Å². The second-order valence-corrected chi connectivity index (χ2v) is 7.90. The lowest BCUT2D eigenvalue weighted by molar-refractivity contribution is 0.215. The van der Waals surface area contributed by atoms with Gasteiger partial charge in [-0.2, -0.15) is 0 Å². The zero-order chi connectivity index (χ0) is 16.4. The third-order valence-corrected chi connectivity index (χ3v) is 6.51. The van der Waals surface area contributed by atoms with Crippen molar-refractivity contribution in [1.29, 1.82) is 0 Å². The van der Waals surface area contributed by atoms with Crippen molar-refractivity contribution in [3.8, 4) is 5.75 Å². The highest BCUT2D eigenvalue weighted by Crippen LogP contribution is 2.37. The van der Waals surface area contributed by atoms with Crippen molar-refractivity contribution < 1.29 is 4.74 Å². The number of ether oxygens (including phenoxy) is 1. The molecule has 126 valence electrons. The summed E-state index contributed by atoms with van der Waals surface area (Å²) in [5, 5.41) is 4.95. The number of nitrogens with one attached hydrogen (secondary N) is 1. The zero-order valence-corrected chi connectivity index (χ0v) is 14.9. The molecule has 3 unspecified atom stereocenters. The first kappa shape index (κ1) is 16.0. The molecule has 4 rings (SSSR count). The minimum absolute atomic E-state index is 0.626. The van der Waals surface area contributed by atoms with Crippen LogP contribution in [0.5, 0.6) is 5.75 Å². The summed E-state index contributed by atoms with van der Waals surface area (Å²) in [4.78, 5) is 4.42. The molecule has 0 bridgehead atoms. The maximum Gasteiger partial charge on any atom is 0.122 e. The largest absolute Gasteiger partial charge is 0.496 e. The number of methoxy groups -OCH3 is 1. The SMILES string of the molecule is COc1cccc2c1CC1CC(CSc3ccccn3)CNC1C2. The van der Waals surface area contributed by atoms with Gasteiger partial charge in [-0.3, -0.25) is 0 Å². The van der Waals surface area contributed by atoms with Gasteiger partial charge in [-0.15, -0.1) is 11.8 Å². The van der Waals surface area contributed by atoms with Gasteiger partial charge in [-0.1, -0.05) is 18.2 Å². The first-order valence-corrected chi connectivity index (χ1v) is 9.74. The minimum Gasteiger partial charge on any atom is -0.496 e. The Labute approximate surface area is 148 Å². The molecule has 0 amide bonds. The molecule has 2 aromatic rings. The van der Waals surface area contributed by atoms with Gasteiger partial charge in [0.2, 0.25) is 0 Å². The highest BCUT2D eigenvalue weighted by Gasteiger charge is 2.35. The molecule has 0 spiro atoms. The number of hydrogen-bond acceptors (Lipinski definition) is 4. The van der Waals surface area contributed by atoms with Crippen molar-refractivity contribution in [1.82, 2.24) is 10.3 Å². The zero-order valence-electron chi connectivity index (χ0n) is 14.1. The second kappa shape index (κ2) is 7.16. The molecule has 1 aromatic heterocycles. The van der Waals surface area contributed by atoms with E-state index in [0.717, 1.165) is 47.8 Å². The van der Waals surface area contributed by atoms with E-state index in [0.29, 0.717) is 6.04 Å². The predicted octanol–water partition coefficient (Wildman–Crippen LogP) is 3.58. The number of aromatic nitrogens is 1. The molecule has 0 radical (unpaired) electrons. The van der Waals surface area contributed by atoms with E-state index in [1.54, 1.807) is 7.11 Å². The highest BCUT2D eigenvalue weighted by atomic mass is 32.2. The van der Waals surface area contributed by atoms with Crippen LogP contribution in [0.25, 0.3) is 0 Å². The number of thioether (sulfide) groups is 1. The van der Waals surface area contributed by atoms with Crippen molar-refractivity contribution in [3.63, 3.8) is 0 Å². The van der Waals surface area contributed by atoms with E-state index in [1.165, 1.54) is 17.5 Å². The molecule has 1 saturated heterocycles. The molecule has 1 N–H and O–H groups in total. The van der Waals surface area contributed by atoms with E-state index in [9.17, 15) is 0 Å². The Morgan fingerprint density at radius 2 is 2.17 bits per heavy atom. The van der Waals surface area contributed by atoms with E-state index in [2.05, 4.69) is 40.6 Å². The van der Waals surface area contributed by atoms with Crippen LogP contribution in [0.3, 0.4) is 0 Å². The van der Waals surface area contributed by atoms with Crippen LogP contribution in [0.1, 0.15) is 17.5 Å². The van der Waals surface area contributed by atoms with E-state index in [4.69, 9.17) is 4.74 Å². The van der Waals surface area contributed by atoms with Crippen LogP contribution in [-0.2, 0) is 12.8 Å². The molecular formula is C20H24N2OS. The maximum atomic E-state index is 5.59. The van der Waals surface area contributed by atoms with Gasteiger partial charge in [-0.25, -0.2) is 4.98 Å². The van der Waals surface area contributed by atoms with Gasteiger partial charge >= 0.3 is 0 Å². The van der Waals surface area contributed by atoms with Crippen LogP contribution in [-0.4, -0.2) is 30.4 Å². The Kier molecular flexibility index (Phi) is 4.76. The first-order valence-electron chi connectivity index (χ1n) is 8.75. The molecule has 1 aliphatic heterocycles. The highest BCUT2D eigenvalue weighted by molar-refractivity contribution is 7.99. The lowest BCUT2D eigenvalue weighted by Gasteiger charge is -2.41. The molecule has 3 atom stereocenters. The molecule has 3 nitrogen and oxygen atoms in total. The summed E-state index contributed by atoms with van der Waals surface area (Å²) in [7, 11) is 1.78. The van der Waals surface area contributed by atoms with Crippen LogP contribution in [0.4, 0.5) is 0 Å². The van der Waals surface area contributed by atoms with Gasteiger partial charge in [0.1, 0.15) is 5.75 Å². The third-order valence-electron chi connectivity index (χ3n) is 5.33. The fourth-order valence-electron chi connectivity index (χ4n) is 4.11. The molecule has 1 fully saturated rings. The Morgan fingerprint density at radius 1 is 1.21 bits per heavy atom. The second-order valence-electron chi connectivity index (χ2n) is 6.86. The van der Waals surface area contributed by atoms with Gasteiger partial charge in [0.05, 0.1) is 12.1 Å². The summed E-state index contributed by atoms with van der Waals surface area (Å²) in [5.41, 5.74) is 2.89. The predicted molar refractivity (Wildman–Crippen MR) is 98.8 cm³/mol. The number of rotatable bonds is 4. The number of fused-ring (bicyclic) bond motifs is 2. The fraction of sp³-hybridized carbons (Fsp3) is 0.450. The van der Waals surface area contributed by atoms with E-state index in [-0.39, 0.29) is 0 Å². The van der Waals surface area contributed by atoms with Crippen LogP contribution in [0, 0.1) is 11.8 Å². The molecule has 24 heavy (non-hydrogen) atoms. The van der Waals surface area contributed by atoms with Gasteiger partial charge in [0.15, 0.2) is 0 Å². The monoisotopic (exact) mass is 340 g/mol. The Hall–Kier alpha value is -1.52. The van der Waals surface area contributed by atoms with E-state index in [1.807, 2.05) is 24.0 Å². The Bertz CT molecular complexity index is 691. The molecular weight excluding hydrogens is 316 g/mol.